The first-order valence-corrected chi connectivity index (χ1v) is 7.57. The van der Waals surface area contributed by atoms with Gasteiger partial charge < -0.3 is 22.4 Å². The highest BCUT2D eigenvalue weighted by Gasteiger charge is 2.11. The summed E-state index contributed by atoms with van der Waals surface area (Å²) >= 11 is 7.47. The fourth-order valence-corrected chi connectivity index (χ4v) is 2.97. The predicted octanol–water partition coefficient (Wildman–Crippen LogP) is -0.455. The van der Waals surface area contributed by atoms with Crippen LogP contribution in [0.3, 0.4) is 0 Å². The van der Waals surface area contributed by atoms with Crippen molar-refractivity contribution in [1.29, 1.82) is 0 Å². The molecule has 0 atom stereocenters. The summed E-state index contributed by atoms with van der Waals surface area (Å²) in [6.07, 6.45) is 0. The quantitative estimate of drug-likeness (QED) is 0.350. The highest BCUT2D eigenvalue weighted by atomic mass is 35.5. The van der Waals surface area contributed by atoms with Gasteiger partial charge in [0.25, 0.3) is 0 Å². The first-order chi connectivity index (χ1) is 9.29. The SMILES string of the molecule is O/N=C(/SCCN1CCOCC1)c1cccc(Cl)c1.[Cl-]. The third-order valence-corrected chi connectivity index (χ3v) is 4.12. The van der Waals surface area contributed by atoms with Crippen molar-refractivity contribution in [2.45, 2.75) is 0 Å². The van der Waals surface area contributed by atoms with Gasteiger partial charge in [-0.1, -0.05) is 28.9 Å². The maximum absolute atomic E-state index is 9.10. The van der Waals surface area contributed by atoms with Crippen LogP contribution < -0.4 is 12.4 Å². The molecule has 1 heterocycles. The number of thioether (sulfide) groups is 1. The van der Waals surface area contributed by atoms with E-state index >= 15 is 0 Å². The molecule has 0 aliphatic carbocycles. The molecule has 0 saturated carbocycles. The Kier molecular flexibility index (Phi) is 8.33. The minimum atomic E-state index is 0. The van der Waals surface area contributed by atoms with Gasteiger partial charge in [0.15, 0.2) is 0 Å². The summed E-state index contributed by atoms with van der Waals surface area (Å²) in [5, 5.41) is 13.7. The molecule has 0 radical (unpaired) electrons. The van der Waals surface area contributed by atoms with Crippen LogP contribution in [0.15, 0.2) is 29.4 Å². The van der Waals surface area contributed by atoms with E-state index in [4.69, 9.17) is 21.5 Å². The maximum atomic E-state index is 9.10. The lowest BCUT2D eigenvalue weighted by molar-refractivity contribution is -0.00000593. The first-order valence-electron chi connectivity index (χ1n) is 6.20. The van der Waals surface area contributed by atoms with E-state index in [2.05, 4.69) is 10.1 Å². The number of rotatable bonds is 4. The van der Waals surface area contributed by atoms with Gasteiger partial charge in [0.05, 0.1) is 13.2 Å². The van der Waals surface area contributed by atoms with Crippen LogP contribution >= 0.6 is 23.4 Å². The van der Waals surface area contributed by atoms with Crippen molar-refractivity contribution < 1.29 is 22.4 Å². The number of morpholine rings is 1. The van der Waals surface area contributed by atoms with Gasteiger partial charge in [-0.2, -0.15) is 0 Å². The second-order valence-electron chi connectivity index (χ2n) is 4.22. The van der Waals surface area contributed by atoms with E-state index in [0.29, 0.717) is 10.1 Å². The number of ether oxygens (including phenoxy) is 1. The van der Waals surface area contributed by atoms with Crippen LogP contribution in [0, 0.1) is 0 Å². The van der Waals surface area contributed by atoms with Gasteiger partial charge >= 0.3 is 0 Å². The Morgan fingerprint density at radius 3 is 2.80 bits per heavy atom. The van der Waals surface area contributed by atoms with Gasteiger partial charge in [-0.25, -0.2) is 0 Å². The van der Waals surface area contributed by atoms with Crippen LogP contribution in [-0.2, 0) is 4.74 Å². The van der Waals surface area contributed by atoms with Crippen molar-refractivity contribution in [3.05, 3.63) is 34.9 Å². The summed E-state index contributed by atoms with van der Waals surface area (Å²) in [7, 11) is 0. The summed E-state index contributed by atoms with van der Waals surface area (Å²) in [6, 6.07) is 7.35. The van der Waals surface area contributed by atoms with Gasteiger partial charge in [-0.15, -0.1) is 11.8 Å². The average Bonchev–Trinajstić information content (AvgIpc) is 2.45. The van der Waals surface area contributed by atoms with Crippen molar-refractivity contribution in [2.75, 3.05) is 38.6 Å². The van der Waals surface area contributed by atoms with Gasteiger partial charge in [0.1, 0.15) is 5.04 Å². The molecule has 4 nitrogen and oxygen atoms in total. The third kappa shape index (κ3) is 5.50. The minimum absolute atomic E-state index is 0. The Morgan fingerprint density at radius 2 is 2.15 bits per heavy atom. The molecule has 1 aliphatic heterocycles. The first kappa shape index (κ1) is 17.6. The van der Waals surface area contributed by atoms with Crippen molar-refractivity contribution in [3.63, 3.8) is 0 Å². The lowest BCUT2D eigenvalue weighted by Crippen LogP contribution is -3.00. The zero-order valence-electron chi connectivity index (χ0n) is 11.0. The largest absolute Gasteiger partial charge is 1.00 e. The highest BCUT2D eigenvalue weighted by molar-refractivity contribution is 8.14. The maximum Gasteiger partial charge on any atom is 0.143 e. The lowest BCUT2D eigenvalue weighted by Gasteiger charge is -2.26. The number of benzene rings is 1. The van der Waals surface area contributed by atoms with E-state index < -0.39 is 0 Å². The summed E-state index contributed by atoms with van der Waals surface area (Å²) in [6.45, 7) is 4.53. The molecule has 7 heteroatoms. The van der Waals surface area contributed by atoms with Crippen molar-refractivity contribution in [2.24, 2.45) is 5.16 Å². The van der Waals surface area contributed by atoms with Gasteiger partial charge in [-0.05, 0) is 12.1 Å². The number of oxime groups is 1. The van der Waals surface area contributed by atoms with E-state index in [1.165, 1.54) is 11.8 Å². The van der Waals surface area contributed by atoms with E-state index in [1.807, 2.05) is 12.1 Å². The molecule has 20 heavy (non-hydrogen) atoms. The molecule has 0 amide bonds. The second-order valence-corrected chi connectivity index (χ2v) is 5.74. The smallest absolute Gasteiger partial charge is 0.143 e. The van der Waals surface area contributed by atoms with Gasteiger partial charge in [0.2, 0.25) is 0 Å². The molecule has 1 aliphatic rings. The van der Waals surface area contributed by atoms with Gasteiger partial charge in [-0.3, -0.25) is 4.90 Å². The van der Waals surface area contributed by atoms with Crippen LogP contribution in [0.2, 0.25) is 5.02 Å². The molecule has 1 N–H and O–H groups in total. The second kappa shape index (κ2) is 9.47. The van der Waals surface area contributed by atoms with E-state index in [1.54, 1.807) is 12.1 Å². The van der Waals surface area contributed by atoms with Crippen LogP contribution in [0.1, 0.15) is 5.56 Å². The third-order valence-electron chi connectivity index (χ3n) is 2.91. The van der Waals surface area contributed by atoms with Crippen molar-refractivity contribution in [1.82, 2.24) is 4.90 Å². The zero-order chi connectivity index (χ0) is 13.5. The summed E-state index contributed by atoms with van der Waals surface area (Å²) < 4.78 is 5.30. The zero-order valence-corrected chi connectivity index (χ0v) is 13.3. The Labute approximate surface area is 134 Å². The molecule has 1 saturated heterocycles. The van der Waals surface area contributed by atoms with E-state index in [9.17, 15) is 0 Å². The molecule has 0 bridgehead atoms. The van der Waals surface area contributed by atoms with Crippen LogP contribution in [0.4, 0.5) is 0 Å². The van der Waals surface area contributed by atoms with Crippen LogP contribution in [0.25, 0.3) is 0 Å². The molecule has 0 aromatic heterocycles. The van der Waals surface area contributed by atoms with Gasteiger partial charge in [0, 0.05) is 36.0 Å². The monoisotopic (exact) mass is 335 g/mol. The molecule has 1 fully saturated rings. The average molecular weight is 336 g/mol. The van der Waals surface area contributed by atoms with Crippen LogP contribution in [-0.4, -0.2) is 53.8 Å². The Morgan fingerprint density at radius 1 is 1.40 bits per heavy atom. The number of nitrogens with zero attached hydrogens (tertiary/aromatic N) is 2. The highest BCUT2D eigenvalue weighted by Crippen LogP contribution is 2.18. The standard InChI is InChI=1S/C13H17ClN2O2S.ClH/c14-12-3-1-2-11(10-12)13(15-17)19-9-6-16-4-7-18-8-5-16;/h1-3,10,17H,4-9H2;1H/p-1/b15-13+;. The number of hydrogen-bond donors (Lipinski definition) is 1. The van der Waals surface area contributed by atoms with Crippen LogP contribution in [0.5, 0.6) is 0 Å². The molecule has 1 aromatic carbocycles. The minimum Gasteiger partial charge on any atom is -1.00 e. The summed E-state index contributed by atoms with van der Waals surface area (Å²) in [4.78, 5) is 2.35. The Balaban J connectivity index is 0.00000200. The molecular formula is C13H17Cl2N2O2S-. The summed E-state index contributed by atoms with van der Waals surface area (Å²) in [5.41, 5.74) is 0.849. The fourth-order valence-electron chi connectivity index (χ4n) is 1.89. The molecule has 2 rings (SSSR count). The lowest BCUT2D eigenvalue weighted by atomic mass is 10.2. The van der Waals surface area contributed by atoms with Crippen molar-refractivity contribution in [3.8, 4) is 0 Å². The predicted molar refractivity (Wildman–Crippen MR) is 79.5 cm³/mol. The van der Waals surface area contributed by atoms with Crippen molar-refractivity contribution >= 4 is 28.4 Å². The molecule has 0 spiro atoms. The van der Waals surface area contributed by atoms with E-state index in [-0.39, 0.29) is 12.4 Å². The fraction of sp³-hybridized carbons (Fsp3) is 0.462. The topological polar surface area (TPSA) is 45.1 Å². The Bertz CT molecular complexity index is 440. The molecule has 0 unspecified atom stereocenters. The Hall–Kier alpha value is -0.460. The van der Waals surface area contributed by atoms with E-state index in [0.717, 1.165) is 44.2 Å². The number of halogens is 2. The molecular weight excluding hydrogens is 319 g/mol. The molecule has 112 valence electrons. The number of hydrogen-bond acceptors (Lipinski definition) is 5. The summed E-state index contributed by atoms with van der Waals surface area (Å²) in [5.74, 6) is 0.881. The normalized spacial score (nSPS) is 16.8. The molecule has 1 aromatic rings.